The molecule has 0 saturated carbocycles. The van der Waals surface area contributed by atoms with Crippen LogP contribution in [0.1, 0.15) is 41.5 Å². The first-order valence-corrected chi connectivity index (χ1v) is 9.06. The van der Waals surface area contributed by atoms with Crippen molar-refractivity contribution in [3.8, 4) is 0 Å². The standard InChI is InChI=1S/C17H30N2OS/c1-4-7-18-10-17-9-16(14(2)21-17)12-19(3)11-15-6-5-8-20-13-15/h9,15,18H,4-8,10-13H2,1-3H3. The number of rotatable bonds is 8. The zero-order chi connectivity index (χ0) is 15.1. The third-order valence-electron chi connectivity index (χ3n) is 4.06. The molecule has 4 heteroatoms. The molecular weight excluding hydrogens is 280 g/mol. The molecule has 2 heterocycles. The highest BCUT2D eigenvalue weighted by Gasteiger charge is 2.16. The van der Waals surface area contributed by atoms with Crippen LogP contribution in [-0.4, -0.2) is 38.3 Å². The lowest BCUT2D eigenvalue weighted by molar-refractivity contribution is 0.0411. The van der Waals surface area contributed by atoms with Crippen molar-refractivity contribution in [1.29, 1.82) is 0 Å². The van der Waals surface area contributed by atoms with Crippen molar-refractivity contribution in [3.63, 3.8) is 0 Å². The minimum Gasteiger partial charge on any atom is -0.381 e. The molecule has 1 aliphatic rings. The number of nitrogens with zero attached hydrogens (tertiary/aromatic N) is 1. The number of nitrogens with one attached hydrogen (secondary N) is 1. The van der Waals surface area contributed by atoms with Gasteiger partial charge < -0.3 is 15.0 Å². The molecule has 1 fully saturated rings. The molecule has 2 rings (SSSR count). The summed E-state index contributed by atoms with van der Waals surface area (Å²) < 4.78 is 5.58. The summed E-state index contributed by atoms with van der Waals surface area (Å²) in [6.07, 6.45) is 3.74. The molecule has 21 heavy (non-hydrogen) atoms. The van der Waals surface area contributed by atoms with Gasteiger partial charge in [0.05, 0.1) is 6.61 Å². The highest BCUT2D eigenvalue weighted by atomic mass is 32.1. The minimum absolute atomic E-state index is 0.716. The van der Waals surface area contributed by atoms with Crippen molar-refractivity contribution in [3.05, 3.63) is 21.4 Å². The Hall–Kier alpha value is -0.420. The van der Waals surface area contributed by atoms with Crippen molar-refractivity contribution >= 4 is 11.3 Å². The van der Waals surface area contributed by atoms with Gasteiger partial charge in [0.15, 0.2) is 0 Å². The van der Waals surface area contributed by atoms with Gasteiger partial charge in [0.25, 0.3) is 0 Å². The smallest absolute Gasteiger partial charge is 0.0506 e. The van der Waals surface area contributed by atoms with Crippen LogP contribution < -0.4 is 5.32 Å². The Balaban J connectivity index is 1.80. The van der Waals surface area contributed by atoms with Crippen molar-refractivity contribution in [2.45, 2.75) is 46.2 Å². The lowest BCUT2D eigenvalue weighted by atomic mass is 10.0. The second kappa shape index (κ2) is 8.89. The molecule has 3 nitrogen and oxygen atoms in total. The summed E-state index contributed by atoms with van der Waals surface area (Å²) in [4.78, 5) is 5.39. The molecule has 0 aromatic carbocycles. The van der Waals surface area contributed by atoms with Crippen LogP contribution in [0, 0.1) is 12.8 Å². The molecule has 1 unspecified atom stereocenters. The summed E-state index contributed by atoms with van der Waals surface area (Å²) in [7, 11) is 2.24. The zero-order valence-corrected chi connectivity index (χ0v) is 14.6. The van der Waals surface area contributed by atoms with Crippen LogP contribution in [0.3, 0.4) is 0 Å². The van der Waals surface area contributed by atoms with E-state index >= 15 is 0 Å². The Morgan fingerprint density at radius 2 is 2.33 bits per heavy atom. The summed E-state index contributed by atoms with van der Waals surface area (Å²) in [6, 6.07) is 2.39. The number of hydrogen-bond donors (Lipinski definition) is 1. The maximum absolute atomic E-state index is 5.58. The second-order valence-electron chi connectivity index (χ2n) is 6.25. The Kier molecular flexibility index (Phi) is 7.17. The van der Waals surface area contributed by atoms with Crippen molar-refractivity contribution in [2.24, 2.45) is 5.92 Å². The summed E-state index contributed by atoms with van der Waals surface area (Å²) >= 11 is 1.94. The predicted octanol–water partition coefficient (Wildman–Crippen LogP) is 3.41. The molecule has 1 aromatic rings. The summed E-state index contributed by atoms with van der Waals surface area (Å²) in [5.41, 5.74) is 1.49. The monoisotopic (exact) mass is 310 g/mol. The van der Waals surface area contributed by atoms with Gasteiger partial charge in [-0.1, -0.05) is 6.92 Å². The number of thiophene rings is 1. The molecule has 1 aromatic heterocycles. The van der Waals surface area contributed by atoms with Crippen molar-refractivity contribution < 1.29 is 4.74 Å². The van der Waals surface area contributed by atoms with Gasteiger partial charge in [-0.3, -0.25) is 0 Å². The van der Waals surface area contributed by atoms with E-state index in [1.54, 1.807) is 0 Å². The maximum atomic E-state index is 5.58. The molecule has 0 amide bonds. The molecule has 120 valence electrons. The van der Waals surface area contributed by atoms with Gasteiger partial charge in [-0.25, -0.2) is 0 Å². The second-order valence-corrected chi connectivity index (χ2v) is 7.59. The van der Waals surface area contributed by atoms with Crippen LogP contribution in [0.4, 0.5) is 0 Å². The first-order valence-electron chi connectivity index (χ1n) is 8.24. The van der Waals surface area contributed by atoms with E-state index in [2.05, 4.69) is 37.2 Å². The van der Waals surface area contributed by atoms with E-state index in [0.29, 0.717) is 5.92 Å². The Labute approximate surface area is 133 Å². The van der Waals surface area contributed by atoms with Crippen LogP contribution >= 0.6 is 11.3 Å². The molecule has 0 spiro atoms. The first-order chi connectivity index (χ1) is 10.2. The fraction of sp³-hybridized carbons (Fsp3) is 0.765. The molecule has 1 saturated heterocycles. The Morgan fingerprint density at radius 1 is 1.48 bits per heavy atom. The van der Waals surface area contributed by atoms with Gasteiger partial charge in [-0.05, 0) is 57.3 Å². The van der Waals surface area contributed by atoms with E-state index in [-0.39, 0.29) is 0 Å². The lowest BCUT2D eigenvalue weighted by Gasteiger charge is -2.27. The topological polar surface area (TPSA) is 24.5 Å². The Bertz CT molecular complexity index is 413. The maximum Gasteiger partial charge on any atom is 0.0506 e. The normalized spacial score (nSPS) is 19.3. The van der Waals surface area contributed by atoms with E-state index in [1.165, 1.54) is 34.6 Å². The van der Waals surface area contributed by atoms with E-state index < -0.39 is 0 Å². The molecule has 0 radical (unpaired) electrons. The predicted molar refractivity (Wildman–Crippen MR) is 90.9 cm³/mol. The Morgan fingerprint density at radius 3 is 3.05 bits per heavy atom. The first kappa shape index (κ1) is 16.9. The van der Waals surface area contributed by atoms with Gasteiger partial charge >= 0.3 is 0 Å². The summed E-state index contributed by atoms with van der Waals surface area (Å²) in [6.45, 7) is 10.7. The molecule has 1 atom stereocenters. The van der Waals surface area contributed by atoms with Crippen LogP contribution in [0.15, 0.2) is 6.07 Å². The van der Waals surface area contributed by atoms with E-state index in [1.807, 2.05) is 11.3 Å². The SMILES string of the molecule is CCCNCc1cc(CN(C)CC2CCCOC2)c(C)s1. The highest BCUT2D eigenvalue weighted by molar-refractivity contribution is 7.12. The average molecular weight is 311 g/mol. The summed E-state index contributed by atoms with van der Waals surface area (Å²) in [5, 5.41) is 3.49. The molecular formula is C17H30N2OS. The van der Waals surface area contributed by atoms with Gasteiger partial charge in [0.1, 0.15) is 0 Å². The van der Waals surface area contributed by atoms with Crippen LogP contribution in [0.25, 0.3) is 0 Å². The molecule has 0 bridgehead atoms. The fourth-order valence-corrected chi connectivity index (χ4v) is 3.99. The van der Waals surface area contributed by atoms with Gasteiger partial charge in [-0.2, -0.15) is 0 Å². The molecule has 0 aliphatic carbocycles. The minimum atomic E-state index is 0.716. The van der Waals surface area contributed by atoms with Crippen LogP contribution in [0.2, 0.25) is 0 Å². The summed E-state index contributed by atoms with van der Waals surface area (Å²) in [5.74, 6) is 0.716. The third kappa shape index (κ3) is 5.70. The average Bonchev–Trinajstić information content (AvgIpc) is 2.80. The van der Waals surface area contributed by atoms with Crippen LogP contribution in [-0.2, 0) is 17.8 Å². The van der Waals surface area contributed by atoms with Gasteiger partial charge in [-0.15, -0.1) is 11.3 Å². The van der Waals surface area contributed by atoms with Crippen molar-refractivity contribution in [1.82, 2.24) is 10.2 Å². The third-order valence-corrected chi connectivity index (χ3v) is 5.16. The molecule has 1 aliphatic heterocycles. The van der Waals surface area contributed by atoms with E-state index in [9.17, 15) is 0 Å². The van der Waals surface area contributed by atoms with Crippen LogP contribution in [0.5, 0.6) is 0 Å². The van der Waals surface area contributed by atoms with E-state index in [4.69, 9.17) is 4.74 Å². The quantitative estimate of drug-likeness (QED) is 0.745. The zero-order valence-electron chi connectivity index (χ0n) is 13.8. The molecule has 1 N–H and O–H groups in total. The highest BCUT2D eigenvalue weighted by Crippen LogP contribution is 2.23. The fourth-order valence-electron chi connectivity index (χ4n) is 2.97. The lowest BCUT2D eigenvalue weighted by Crippen LogP contribution is -2.30. The largest absolute Gasteiger partial charge is 0.381 e. The van der Waals surface area contributed by atoms with Gasteiger partial charge in [0.2, 0.25) is 0 Å². The number of hydrogen-bond acceptors (Lipinski definition) is 4. The number of aryl methyl sites for hydroxylation is 1. The van der Waals surface area contributed by atoms with E-state index in [0.717, 1.165) is 39.4 Å². The van der Waals surface area contributed by atoms with Crippen molar-refractivity contribution in [2.75, 3.05) is 33.4 Å². The van der Waals surface area contributed by atoms with Gasteiger partial charge in [0, 0.05) is 36.0 Å². The number of ether oxygens (including phenoxy) is 1.